The number of imide groups is 1. The molecule has 6 heteroatoms. The molecule has 2 heterocycles. The molecular weight excluding hydrogens is 224 g/mol. The van der Waals surface area contributed by atoms with E-state index in [-0.39, 0.29) is 31.1 Å². The van der Waals surface area contributed by atoms with Crippen LogP contribution in [0.5, 0.6) is 0 Å². The Kier molecular flexibility index (Phi) is 3.63. The fourth-order valence-corrected chi connectivity index (χ4v) is 2.15. The van der Waals surface area contributed by atoms with E-state index >= 15 is 0 Å². The molecule has 0 aromatic rings. The Morgan fingerprint density at radius 3 is 2.88 bits per heavy atom. The summed E-state index contributed by atoms with van der Waals surface area (Å²) >= 11 is 0. The summed E-state index contributed by atoms with van der Waals surface area (Å²) in [5.41, 5.74) is 0. The van der Waals surface area contributed by atoms with E-state index < -0.39 is 6.09 Å². The van der Waals surface area contributed by atoms with Crippen LogP contribution >= 0.6 is 0 Å². The molecule has 96 valence electrons. The molecule has 2 amide bonds. The highest BCUT2D eigenvalue weighted by Gasteiger charge is 2.31. The smallest absolute Gasteiger partial charge is 0.416 e. The normalized spacial score (nSPS) is 30.5. The summed E-state index contributed by atoms with van der Waals surface area (Å²) in [6, 6.07) is 0. The van der Waals surface area contributed by atoms with Crippen LogP contribution < -0.4 is 0 Å². The van der Waals surface area contributed by atoms with Crippen LogP contribution in [0.1, 0.15) is 13.3 Å². The zero-order valence-corrected chi connectivity index (χ0v) is 9.96. The fraction of sp³-hybridized carbons (Fsp3) is 0.818. The van der Waals surface area contributed by atoms with E-state index in [2.05, 4.69) is 0 Å². The number of ether oxygens (including phenoxy) is 1. The van der Waals surface area contributed by atoms with E-state index in [9.17, 15) is 14.7 Å². The molecule has 2 saturated heterocycles. The van der Waals surface area contributed by atoms with Crippen LogP contribution in [0.25, 0.3) is 0 Å². The maximum Gasteiger partial charge on any atom is 0.416 e. The van der Waals surface area contributed by atoms with E-state index in [0.29, 0.717) is 13.1 Å². The van der Waals surface area contributed by atoms with Crippen molar-refractivity contribution in [1.29, 1.82) is 0 Å². The highest BCUT2D eigenvalue weighted by molar-refractivity contribution is 5.94. The van der Waals surface area contributed by atoms with Crippen LogP contribution in [-0.2, 0) is 9.53 Å². The van der Waals surface area contributed by atoms with Crippen molar-refractivity contribution < 1.29 is 19.4 Å². The van der Waals surface area contributed by atoms with E-state index in [4.69, 9.17) is 4.74 Å². The van der Waals surface area contributed by atoms with Crippen LogP contribution in [0.2, 0.25) is 0 Å². The van der Waals surface area contributed by atoms with Crippen molar-refractivity contribution in [1.82, 2.24) is 9.80 Å². The Bertz CT molecular complexity index is 321. The number of aliphatic hydroxyl groups excluding tert-OH is 1. The van der Waals surface area contributed by atoms with Gasteiger partial charge in [0, 0.05) is 6.54 Å². The number of hydrogen-bond donors (Lipinski definition) is 1. The van der Waals surface area contributed by atoms with Gasteiger partial charge in [-0.3, -0.25) is 9.69 Å². The van der Waals surface area contributed by atoms with Gasteiger partial charge in [-0.25, -0.2) is 9.69 Å². The molecule has 0 aliphatic carbocycles. The Hall–Kier alpha value is -1.14. The lowest BCUT2D eigenvalue weighted by Gasteiger charge is -2.34. The molecule has 0 aromatic heterocycles. The molecule has 0 saturated carbocycles. The quantitative estimate of drug-likeness (QED) is 0.718. The number of cyclic esters (lactones) is 1. The first-order valence-electron chi connectivity index (χ1n) is 5.95. The number of carbonyl (C=O) groups excluding carboxylic acids is 2. The molecule has 0 spiro atoms. The number of rotatable bonds is 2. The second-order valence-corrected chi connectivity index (χ2v) is 4.73. The molecule has 1 N–H and O–H groups in total. The van der Waals surface area contributed by atoms with Crippen molar-refractivity contribution in [3.63, 3.8) is 0 Å². The number of likely N-dealkylation sites (tertiary alicyclic amines) is 1. The van der Waals surface area contributed by atoms with Gasteiger partial charge in [-0.05, 0) is 18.9 Å². The topological polar surface area (TPSA) is 70.1 Å². The van der Waals surface area contributed by atoms with Crippen LogP contribution in [0, 0.1) is 5.92 Å². The lowest BCUT2D eigenvalue weighted by atomic mass is 9.96. The highest BCUT2D eigenvalue weighted by Crippen LogP contribution is 2.17. The van der Waals surface area contributed by atoms with E-state index in [1.165, 1.54) is 0 Å². The van der Waals surface area contributed by atoms with E-state index in [0.717, 1.165) is 17.9 Å². The molecule has 0 aromatic carbocycles. The van der Waals surface area contributed by atoms with Gasteiger partial charge in [0.05, 0.1) is 19.2 Å². The average Bonchev–Trinajstić information content (AvgIpc) is 2.70. The first-order valence-corrected chi connectivity index (χ1v) is 5.95. The van der Waals surface area contributed by atoms with Crippen molar-refractivity contribution in [2.75, 3.05) is 32.8 Å². The zero-order chi connectivity index (χ0) is 12.4. The first-order chi connectivity index (χ1) is 8.08. The van der Waals surface area contributed by atoms with Crippen molar-refractivity contribution in [3.05, 3.63) is 0 Å². The van der Waals surface area contributed by atoms with E-state index in [1.807, 2.05) is 11.8 Å². The average molecular weight is 242 g/mol. The lowest BCUT2D eigenvalue weighted by molar-refractivity contribution is -0.130. The van der Waals surface area contributed by atoms with Gasteiger partial charge in [-0.2, -0.15) is 0 Å². The van der Waals surface area contributed by atoms with Gasteiger partial charge in [0.1, 0.15) is 6.61 Å². The number of hydrogen-bond acceptors (Lipinski definition) is 5. The summed E-state index contributed by atoms with van der Waals surface area (Å²) in [4.78, 5) is 26.0. The molecule has 0 radical (unpaired) electrons. The molecule has 2 aliphatic rings. The van der Waals surface area contributed by atoms with Crippen molar-refractivity contribution in [2.45, 2.75) is 19.4 Å². The Labute approximate surface area is 100 Å². The summed E-state index contributed by atoms with van der Waals surface area (Å²) in [5.74, 6) is 0.0346. The summed E-state index contributed by atoms with van der Waals surface area (Å²) in [6.45, 7) is 4.08. The van der Waals surface area contributed by atoms with Crippen LogP contribution in [0.15, 0.2) is 0 Å². The van der Waals surface area contributed by atoms with Crippen molar-refractivity contribution in [3.8, 4) is 0 Å². The number of nitrogens with zero attached hydrogens (tertiary/aromatic N) is 2. The molecule has 2 unspecified atom stereocenters. The lowest BCUT2D eigenvalue weighted by Crippen LogP contribution is -2.48. The Balaban J connectivity index is 1.84. The third-order valence-corrected chi connectivity index (χ3v) is 3.42. The molecule has 2 fully saturated rings. The molecule has 6 nitrogen and oxygen atoms in total. The number of amides is 2. The predicted molar refractivity (Wildman–Crippen MR) is 59.3 cm³/mol. The highest BCUT2D eigenvalue weighted by atomic mass is 16.6. The standard InChI is InChI=1S/C11H18N2O4/c1-8-2-3-12(6-9(8)14)7-10(15)13-4-5-17-11(13)16/h8-9,14H,2-7H2,1H3. The van der Waals surface area contributed by atoms with E-state index in [1.54, 1.807) is 0 Å². The summed E-state index contributed by atoms with van der Waals surface area (Å²) < 4.78 is 4.71. The minimum atomic E-state index is -0.555. The zero-order valence-electron chi connectivity index (χ0n) is 9.96. The monoisotopic (exact) mass is 242 g/mol. The number of β-amino-alcohol motifs (C(OH)–C–C–N with tert-alkyl or cyclic N) is 1. The molecule has 17 heavy (non-hydrogen) atoms. The summed E-state index contributed by atoms with van der Waals surface area (Å²) in [5, 5.41) is 9.72. The second kappa shape index (κ2) is 5.01. The fourth-order valence-electron chi connectivity index (χ4n) is 2.15. The van der Waals surface area contributed by atoms with Crippen LogP contribution in [0.3, 0.4) is 0 Å². The van der Waals surface area contributed by atoms with Gasteiger partial charge in [0.25, 0.3) is 0 Å². The third kappa shape index (κ3) is 2.76. The van der Waals surface area contributed by atoms with Gasteiger partial charge in [-0.15, -0.1) is 0 Å². The third-order valence-electron chi connectivity index (χ3n) is 3.42. The number of aliphatic hydroxyl groups is 1. The van der Waals surface area contributed by atoms with Gasteiger partial charge >= 0.3 is 6.09 Å². The maximum atomic E-state index is 11.8. The van der Waals surface area contributed by atoms with Gasteiger partial charge in [-0.1, -0.05) is 6.92 Å². The minimum Gasteiger partial charge on any atom is -0.447 e. The molecule has 2 rings (SSSR count). The van der Waals surface area contributed by atoms with Crippen molar-refractivity contribution >= 4 is 12.0 Å². The van der Waals surface area contributed by atoms with Gasteiger partial charge < -0.3 is 9.84 Å². The first kappa shape index (κ1) is 12.3. The largest absolute Gasteiger partial charge is 0.447 e. The Morgan fingerprint density at radius 2 is 2.29 bits per heavy atom. The maximum absolute atomic E-state index is 11.8. The van der Waals surface area contributed by atoms with Crippen LogP contribution in [-0.4, -0.2) is 65.8 Å². The molecule has 0 bridgehead atoms. The Morgan fingerprint density at radius 1 is 1.53 bits per heavy atom. The minimum absolute atomic E-state index is 0.179. The second-order valence-electron chi connectivity index (χ2n) is 4.73. The van der Waals surface area contributed by atoms with Crippen LogP contribution in [0.4, 0.5) is 4.79 Å². The molecular formula is C11H18N2O4. The summed E-state index contributed by atoms with van der Waals surface area (Å²) in [6.07, 6.45) is -0.0678. The summed E-state index contributed by atoms with van der Waals surface area (Å²) in [7, 11) is 0. The SMILES string of the molecule is CC1CCN(CC(=O)N2CCOC2=O)CC1O. The van der Waals surface area contributed by atoms with Gasteiger partial charge in [0.2, 0.25) is 5.91 Å². The predicted octanol–water partition coefficient (Wildman–Crippen LogP) is -0.332. The number of piperidine rings is 1. The van der Waals surface area contributed by atoms with Crippen molar-refractivity contribution in [2.24, 2.45) is 5.92 Å². The van der Waals surface area contributed by atoms with Gasteiger partial charge in [0.15, 0.2) is 0 Å². The number of carbonyl (C=O) groups is 2. The molecule has 2 aliphatic heterocycles. The molecule has 2 atom stereocenters.